The Labute approximate surface area is 145 Å². The van der Waals surface area contributed by atoms with E-state index >= 15 is 0 Å². The quantitative estimate of drug-likeness (QED) is 0.779. The SMILES string of the molecule is CC(C)(C)OC(=O)N1CCC2C1c1cc(Br)ccc1N[C@H]2CO. The summed E-state index contributed by atoms with van der Waals surface area (Å²) in [5.41, 5.74) is 1.54. The number of carbonyl (C=O) groups excluding carboxylic acids is 1. The molecule has 3 atom stereocenters. The number of benzene rings is 1. The lowest BCUT2D eigenvalue weighted by Crippen LogP contribution is -2.44. The Morgan fingerprint density at radius 3 is 2.87 bits per heavy atom. The van der Waals surface area contributed by atoms with Crippen molar-refractivity contribution in [2.75, 3.05) is 18.5 Å². The second-order valence-electron chi connectivity index (χ2n) is 7.24. The first-order valence-corrected chi connectivity index (χ1v) is 8.76. The van der Waals surface area contributed by atoms with Gasteiger partial charge < -0.3 is 20.1 Å². The van der Waals surface area contributed by atoms with Crippen LogP contribution in [0.25, 0.3) is 0 Å². The smallest absolute Gasteiger partial charge is 0.410 e. The minimum Gasteiger partial charge on any atom is -0.444 e. The molecule has 0 bridgehead atoms. The van der Waals surface area contributed by atoms with Crippen molar-refractivity contribution >= 4 is 27.7 Å². The number of fused-ring (bicyclic) bond motifs is 3. The van der Waals surface area contributed by atoms with Gasteiger partial charge >= 0.3 is 6.09 Å². The van der Waals surface area contributed by atoms with Crippen LogP contribution >= 0.6 is 15.9 Å². The van der Waals surface area contributed by atoms with E-state index in [1.807, 2.05) is 37.8 Å². The van der Waals surface area contributed by atoms with Crippen molar-refractivity contribution < 1.29 is 14.6 Å². The number of rotatable bonds is 1. The van der Waals surface area contributed by atoms with E-state index in [-0.39, 0.29) is 30.7 Å². The molecular weight excluding hydrogens is 360 g/mol. The third-order valence-electron chi connectivity index (χ3n) is 4.46. The highest BCUT2D eigenvalue weighted by molar-refractivity contribution is 9.10. The van der Waals surface area contributed by atoms with Gasteiger partial charge in [0.2, 0.25) is 0 Å². The van der Waals surface area contributed by atoms with Crippen LogP contribution in [0, 0.1) is 5.92 Å². The van der Waals surface area contributed by atoms with Gasteiger partial charge in [0.1, 0.15) is 5.60 Å². The van der Waals surface area contributed by atoms with Gasteiger partial charge in [-0.1, -0.05) is 15.9 Å². The van der Waals surface area contributed by atoms with Crippen molar-refractivity contribution in [3.05, 3.63) is 28.2 Å². The summed E-state index contributed by atoms with van der Waals surface area (Å²) in [5.74, 6) is 0.189. The topological polar surface area (TPSA) is 61.8 Å². The largest absolute Gasteiger partial charge is 0.444 e. The number of hydrogen-bond acceptors (Lipinski definition) is 4. The summed E-state index contributed by atoms with van der Waals surface area (Å²) in [5, 5.41) is 13.1. The molecule has 23 heavy (non-hydrogen) atoms. The molecule has 5 nitrogen and oxygen atoms in total. The zero-order valence-electron chi connectivity index (χ0n) is 13.7. The number of hydrogen-bond donors (Lipinski definition) is 2. The van der Waals surface area contributed by atoms with E-state index < -0.39 is 5.60 Å². The molecule has 0 radical (unpaired) electrons. The van der Waals surface area contributed by atoms with E-state index in [0.717, 1.165) is 22.1 Å². The van der Waals surface area contributed by atoms with Crippen molar-refractivity contribution in [2.45, 2.75) is 44.9 Å². The zero-order valence-corrected chi connectivity index (χ0v) is 15.3. The summed E-state index contributed by atoms with van der Waals surface area (Å²) in [7, 11) is 0. The van der Waals surface area contributed by atoms with Gasteiger partial charge in [0.05, 0.1) is 18.7 Å². The fourth-order valence-electron chi connectivity index (χ4n) is 3.56. The molecule has 2 aliphatic heterocycles. The summed E-state index contributed by atoms with van der Waals surface area (Å²) in [6.07, 6.45) is 0.572. The van der Waals surface area contributed by atoms with Gasteiger partial charge in [-0.25, -0.2) is 4.79 Å². The highest BCUT2D eigenvalue weighted by Crippen LogP contribution is 2.47. The molecule has 1 saturated heterocycles. The zero-order chi connectivity index (χ0) is 16.8. The molecule has 1 aromatic rings. The van der Waals surface area contributed by atoms with Crippen molar-refractivity contribution in [2.24, 2.45) is 5.92 Å². The van der Waals surface area contributed by atoms with Crippen molar-refractivity contribution in [1.29, 1.82) is 0 Å². The minimum atomic E-state index is -0.515. The second kappa shape index (κ2) is 5.98. The summed E-state index contributed by atoms with van der Waals surface area (Å²) < 4.78 is 6.56. The first-order valence-electron chi connectivity index (χ1n) is 7.96. The molecule has 2 N–H and O–H groups in total. The Kier molecular flexibility index (Phi) is 4.31. The molecule has 0 aromatic heterocycles. The van der Waals surface area contributed by atoms with Crippen LogP contribution in [0.3, 0.4) is 0 Å². The number of nitrogens with one attached hydrogen (secondary N) is 1. The molecule has 2 unspecified atom stereocenters. The molecule has 126 valence electrons. The van der Waals surface area contributed by atoms with Crippen LogP contribution < -0.4 is 5.32 Å². The highest BCUT2D eigenvalue weighted by atomic mass is 79.9. The molecule has 0 spiro atoms. The maximum Gasteiger partial charge on any atom is 0.410 e. The van der Waals surface area contributed by atoms with Crippen LogP contribution in [0.15, 0.2) is 22.7 Å². The van der Waals surface area contributed by atoms with Crippen LogP contribution in [-0.2, 0) is 4.74 Å². The number of anilines is 1. The number of nitrogens with zero attached hydrogens (tertiary/aromatic N) is 1. The lowest BCUT2D eigenvalue weighted by molar-refractivity contribution is 0.0192. The van der Waals surface area contributed by atoms with Gasteiger partial charge in [-0.3, -0.25) is 0 Å². The van der Waals surface area contributed by atoms with Crippen LogP contribution in [0.1, 0.15) is 38.8 Å². The molecule has 0 aliphatic carbocycles. The monoisotopic (exact) mass is 382 g/mol. The molecule has 1 aromatic carbocycles. The third kappa shape index (κ3) is 3.19. The van der Waals surface area contributed by atoms with Gasteiger partial charge in [0.15, 0.2) is 0 Å². The number of likely N-dealkylation sites (tertiary alicyclic amines) is 1. The van der Waals surface area contributed by atoms with Gasteiger partial charge in [-0.15, -0.1) is 0 Å². The van der Waals surface area contributed by atoms with Crippen LogP contribution in [0.5, 0.6) is 0 Å². The summed E-state index contributed by atoms with van der Waals surface area (Å²) in [4.78, 5) is 14.4. The average Bonchev–Trinajstić information content (AvgIpc) is 2.90. The van der Waals surface area contributed by atoms with E-state index in [2.05, 4.69) is 27.3 Å². The third-order valence-corrected chi connectivity index (χ3v) is 4.95. The minimum absolute atomic E-state index is 0.0406. The van der Waals surface area contributed by atoms with E-state index in [1.54, 1.807) is 0 Å². The first-order chi connectivity index (χ1) is 10.8. The van der Waals surface area contributed by atoms with Crippen LogP contribution in [0.2, 0.25) is 0 Å². The Morgan fingerprint density at radius 1 is 1.48 bits per heavy atom. The normalized spacial score (nSPS) is 26.3. The number of aliphatic hydroxyl groups excluding tert-OH is 1. The van der Waals surface area contributed by atoms with E-state index in [4.69, 9.17) is 4.74 Å². The fourth-order valence-corrected chi connectivity index (χ4v) is 3.94. The predicted octanol–water partition coefficient (Wildman–Crippen LogP) is 3.53. The van der Waals surface area contributed by atoms with Crippen molar-refractivity contribution in [3.63, 3.8) is 0 Å². The van der Waals surface area contributed by atoms with E-state index in [9.17, 15) is 9.90 Å². The van der Waals surface area contributed by atoms with E-state index in [1.165, 1.54) is 0 Å². The standard InChI is InChI=1S/C17H23BrN2O3/c1-17(2,3)23-16(22)20-7-6-11-14(9-21)19-13-5-4-10(18)8-12(13)15(11)20/h4-5,8,11,14-15,19,21H,6-7,9H2,1-3H3/t11?,14-,15?/m0/s1. The van der Waals surface area contributed by atoms with Gasteiger partial charge in [-0.05, 0) is 51.0 Å². The number of carbonyl (C=O) groups is 1. The number of halogens is 1. The molecule has 1 fully saturated rings. The van der Waals surface area contributed by atoms with Gasteiger partial charge in [0, 0.05) is 22.6 Å². The Bertz CT molecular complexity index is 614. The predicted molar refractivity (Wildman–Crippen MR) is 92.4 cm³/mol. The van der Waals surface area contributed by atoms with Crippen LogP contribution in [-0.4, -0.2) is 40.9 Å². The summed E-state index contributed by atoms with van der Waals surface area (Å²) in [6.45, 7) is 6.33. The lowest BCUT2D eigenvalue weighted by Gasteiger charge is -2.39. The molecule has 3 rings (SSSR count). The lowest BCUT2D eigenvalue weighted by atomic mass is 9.83. The fraction of sp³-hybridized carbons (Fsp3) is 0.588. The number of ether oxygens (including phenoxy) is 1. The van der Waals surface area contributed by atoms with Crippen molar-refractivity contribution in [1.82, 2.24) is 4.90 Å². The first kappa shape index (κ1) is 16.6. The molecule has 2 heterocycles. The number of amides is 1. The maximum atomic E-state index is 12.6. The van der Waals surface area contributed by atoms with E-state index in [0.29, 0.717) is 6.54 Å². The Balaban J connectivity index is 1.96. The molecular formula is C17H23BrN2O3. The molecule has 2 aliphatic rings. The second-order valence-corrected chi connectivity index (χ2v) is 8.15. The Hall–Kier alpha value is -1.27. The summed E-state index contributed by atoms with van der Waals surface area (Å²) in [6, 6.07) is 5.91. The highest BCUT2D eigenvalue weighted by Gasteiger charge is 2.46. The molecule has 6 heteroatoms. The molecule has 1 amide bonds. The average molecular weight is 383 g/mol. The van der Waals surface area contributed by atoms with Gasteiger partial charge in [0.25, 0.3) is 0 Å². The van der Waals surface area contributed by atoms with Crippen LogP contribution in [0.4, 0.5) is 10.5 Å². The number of aliphatic hydroxyl groups is 1. The van der Waals surface area contributed by atoms with Crippen molar-refractivity contribution in [3.8, 4) is 0 Å². The summed E-state index contributed by atoms with van der Waals surface area (Å²) >= 11 is 3.51. The maximum absolute atomic E-state index is 12.6. The molecule has 0 saturated carbocycles. The Morgan fingerprint density at radius 2 is 2.22 bits per heavy atom. The van der Waals surface area contributed by atoms with Gasteiger partial charge in [-0.2, -0.15) is 0 Å².